The summed E-state index contributed by atoms with van der Waals surface area (Å²) in [6.45, 7) is 4.61. The number of halogens is 1. The number of hydrogen-bond acceptors (Lipinski definition) is 5. The molecule has 0 bridgehead atoms. The predicted molar refractivity (Wildman–Crippen MR) is 110 cm³/mol. The van der Waals surface area contributed by atoms with Gasteiger partial charge in [-0.1, -0.05) is 30.7 Å². The summed E-state index contributed by atoms with van der Waals surface area (Å²) in [4.78, 5) is 19.0. The Hall–Kier alpha value is -2.80. The summed E-state index contributed by atoms with van der Waals surface area (Å²) < 4.78 is 6.70. The van der Waals surface area contributed by atoms with Gasteiger partial charge in [-0.2, -0.15) is 5.10 Å². The lowest BCUT2D eigenvalue weighted by molar-refractivity contribution is 0.0932. The second-order valence-electron chi connectivity index (χ2n) is 6.72. The van der Waals surface area contributed by atoms with Crippen LogP contribution >= 0.6 is 11.6 Å². The van der Waals surface area contributed by atoms with Crippen LogP contribution < -0.4 is 15.0 Å². The number of carbonyl (C=O) groups excluding carboxylic acids is 1. The summed E-state index contributed by atoms with van der Waals surface area (Å²) in [5.41, 5.74) is 2.83. The Labute approximate surface area is 169 Å². The molecule has 1 atom stereocenters. The molecule has 3 rings (SSSR count). The molecule has 1 aromatic carbocycles. The Balaban J connectivity index is 1.91. The summed E-state index contributed by atoms with van der Waals surface area (Å²) in [5, 5.41) is 7.50. The average Bonchev–Trinajstić information content (AvgIpc) is 3.11. The van der Waals surface area contributed by atoms with Crippen LogP contribution in [-0.2, 0) is 6.54 Å². The van der Waals surface area contributed by atoms with Gasteiger partial charge in [0.15, 0.2) is 16.5 Å². The third-order valence-corrected chi connectivity index (χ3v) is 4.82. The first kappa shape index (κ1) is 19.9. The van der Waals surface area contributed by atoms with Gasteiger partial charge >= 0.3 is 0 Å². The molecule has 0 radical (unpaired) electrons. The highest BCUT2D eigenvalue weighted by atomic mass is 35.5. The van der Waals surface area contributed by atoms with Crippen molar-refractivity contribution >= 4 is 28.8 Å². The molecule has 1 amide bonds. The van der Waals surface area contributed by atoms with Crippen LogP contribution in [0.1, 0.15) is 36.3 Å². The number of aromatic nitrogens is 3. The molecule has 8 heteroatoms. The standard InChI is InChI=1S/C20H24ClN5O2/c1-5-13(2)23-20(27)17-11-22-19-16(10-18(21)24-26(17)19)25(3)12-14-6-8-15(28-4)9-7-14/h6-11,13H,5,12H2,1-4H3,(H,23,27)/t13-/m1/s1. The number of ether oxygens (including phenoxy) is 1. The van der Waals surface area contributed by atoms with Crippen LogP contribution in [0.3, 0.4) is 0 Å². The van der Waals surface area contributed by atoms with E-state index >= 15 is 0 Å². The molecule has 0 saturated heterocycles. The van der Waals surface area contributed by atoms with E-state index in [0.29, 0.717) is 23.0 Å². The Morgan fingerprint density at radius 1 is 1.36 bits per heavy atom. The average molecular weight is 402 g/mol. The first-order valence-corrected chi connectivity index (χ1v) is 9.50. The molecule has 0 aliphatic carbocycles. The number of carbonyl (C=O) groups is 1. The molecule has 28 heavy (non-hydrogen) atoms. The molecule has 0 saturated carbocycles. The normalized spacial score (nSPS) is 12.0. The molecule has 7 nitrogen and oxygen atoms in total. The number of hydrogen-bond donors (Lipinski definition) is 1. The molecule has 0 fully saturated rings. The molecule has 148 valence electrons. The van der Waals surface area contributed by atoms with Gasteiger partial charge in [0.25, 0.3) is 5.91 Å². The molecular weight excluding hydrogens is 378 g/mol. The Kier molecular flexibility index (Phi) is 6.04. The summed E-state index contributed by atoms with van der Waals surface area (Å²) in [6.07, 6.45) is 2.37. The summed E-state index contributed by atoms with van der Waals surface area (Å²) >= 11 is 6.24. The van der Waals surface area contributed by atoms with Crippen LogP contribution in [0.2, 0.25) is 5.15 Å². The first-order chi connectivity index (χ1) is 13.4. The highest BCUT2D eigenvalue weighted by Gasteiger charge is 2.19. The van der Waals surface area contributed by atoms with Gasteiger partial charge in [0.1, 0.15) is 5.75 Å². The number of amides is 1. The topological polar surface area (TPSA) is 71.8 Å². The Bertz CT molecular complexity index is 971. The second-order valence-corrected chi connectivity index (χ2v) is 7.11. The molecule has 2 aromatic heterocycles. The fourth-order valence-corrected chi connectivity index (χ4v) is 3.03. The van der Waals surface area contributed by atoms with Crippen molar-refractivity contribution in [2.75, 3.05) is 19.1 Å². The lowest BCUT2D eigenvalue weighted by atomic mass is 10.2. The Morgan fingerprint density at radius 2 is 2.07 bits per heavy atom. The lowest BCUT2D eigenvalue weighted by Gasteiger charge is -2.20. The maximum absolute atomic E-state index is 12.6. The number of anilines is 1. The molecule has 0 unspecified atom stereocenters. The summed E-state index contributed by atoms with van der Waals surface area (Å²) in [7, 11) is 3.59. The van der Waals surface area contributed by atoms with Crippen LogP contribution in [0.15, 0.2) is 36.5 Å². The van der Waals surface area contributed by atoms with Gasteiger partial charge in [-0.3, -0.25) is 4.79 Å². The smallest absolute Gasteiger partial charge is 0.271 e. The number of imidazole rings is 1. The minimum absolute atomic E-state index is 0.0643. The van der Waals surface area contributed by atoms with Crippen molar-refractivity contribution in [1.29, 1.82) is 0 Å². The fraction of sp³-hybridized carbons (Fsp3) is 0.350. The van der Waals surface area contributed by atoms with Crippen molar-refractivity contribution in [2.45, 2.75) is 32.9 Å². The zero-order valence-corrected chi connectivity index (χ0v) is 17.2. The minimum Gasteiger partial charge on any atom is -0.497 e. The van der Waals surface area contributed by atoms with E-state index < -0.39 is 0 Å². The van der Waals surface area contributed by atoms with Crippen molar-refractivity contribution in [3.63, 3.8) is 0 Å². The minimum atomic E-state index is -0.222. The van der Waals surface area contributed by atoms with Crippen molar-refractivity contribution < 1.29 is 9.53 Å². The highest BCUT2D eigenvalue weighted by molar-refractivity contribution is 6.29. The molecule has 0 aliphatic rings. The van der Waals surface area contributed by atoms with Gasteiger partial charge in [0.05, 0.1) is 19.0 Å². The largest absolute Gasteiger partial charge is 0.497 e. The van der Waals surface area contributed by atoms with Crippen LogP contribution in [0.25, 0.3) is 5.65 Å². The number of benzene rings is 1. The predicted octanol–water partition coefficient (Wildman–Crippen LogP) is 3.56. The molecule has 0 aliphatic heterocycles. The van der Waals surface area contributed by atoms with Gasteiger partial charge in [-0.05, 0) is 31.0 Å². The van der Waals surface area contributed by atoms with Crippen LogP contribution in [0.4, 0.5) is 5.69 Å². The molecule has 1 N–H and O–H groups in total. The number of rotatable bonds is 7. The summed E-state index contributed by atoms with van der Waals surface area (Å²) in [6, 6.07) is 9.67. The van der Waals surface area contributed by atoms with Crippen LogP contribution in [0, 0.1) is 0 Å². The monoisotopic (exact) mass is 401 g/mol. The van der Waals surface area contributed by atoms with E-state index in [1.54, 1.807) is 13.2 Å². The third kappa shape index (κ3) is 4.20. The van der Waals surface area contributed by atoms with E-state index in [2.05, 4.69) is 15.4 Å². The quantitative estimate of drug-likeness (QED) is 0.655. The van der Waals surface area contributed by atoms with E-state index in [4.69, 9.17) is 16.3 Å². The molecule has 3 aromatic rings. The molecule has 0 spiro atoms. The van der Waals surface area contributed by atoms with E-state index in [1.165, 1.54) is 10.7 Å². The lowest BCUT2D eigenvalue weighted by Crippen LogP contribution is -2.33. The molecular formula is C20H24ClN5O2. The van der Waals surface area contributed by atoms with Crippen LogP contribution in [-0.4, -0.2) is 40.7 Å². The Morgan fingerprint density at radius 3 is 2.71 bits per heavy atom. The maximum Gasteiger partial charge on any atom is 0.271 e. The van der Waals surface area contributed by atoms with Crippen molar-refractivity contribution in [3.8, 4) is 5.75 Å². The van der Waals surface area contributed by atoms with E-state index in [9.17, 15) is 4.79 Å². The SMILES string of the molecule is CC[C@@H](C)NC(=O)c1cnc2c(N(C)Cc3ccc(OC)cc3)cc(Cl)nn12. The maximum atomic E-state index is 12.6. The second kappa shape index (κ2) is 8.48. The fourth-order valence-electron chi connectivity index (χ4n) is 2.85. The van der Waals surface area contributed by atoms with Gasteiger partial charge in [0.2, 0.25) is 0 Å². The number of nitrogens with zero attached hydrogens (tertiary/aromatic N) is 4. The van der Waals surface area contributed by atoms with E-state index in [0.717, 1.165) is 23.4 Å². The van der Waals surface area contributed by atoms with Gasteiger partial charge in [0, 0.05) is 25.7 Å². The zero-order valence-electron chi connectivity index (χ0n) is 16.4. The summed E-state index contributed by atoms with van der Waals surface area (Å²) in [5.74, 6) is 0.589. The zero-order chi connectivity index (χ0) is 20.3. The third-order valence-electron chi connectivity index (χ3n) is 4.63. The van der Waals surface area contributed by atoms with Gasteiger partial charge in [-0.25, -0.2) is 9.50 Å². The number of fused-ring (bicyclic) bond motifs is 1. The van der Waals surface area contributed by atoms with Crippen molar-refractivity contribution in [1.82, 2.24) is 19.9 Å². The van der Waals surface area contributed by atoms with Crippen LogP contribution in [0.5, 0.6) is 5.75 Å². The number of nitrogens with one attached hydrogen (secondary N) is 1. The first-order valence-electron chi connectivity index (χ1n) is 9.12. The van der Waals surface area contributed by atoms with E-state index in [-0.39, 0.29) is 11.9 Å². The van der Waals surface area contributed by atoms with E-state index in [1.807, 2.05) is 50.1 Å². The van der Waals surface area contributed by atoms with Gasteiger partial charge in [-0.15, -0.1) is 0 Å². The number of methoxy groups -OCH3 is 1. The van der Waals surface area contributed by atoms with Crippen molar-refractivity contribution in [3.05, 3.63) is 52.9 Å². The van der Waals surface area contributed by atoms with Crippen molar-refractivity contribution in [2.24, 2.45) is 0 Å². The highest BCUT2D eigenvalue weighted by Crippen LogP contribution is 2.25. The molecule has 2 heterocycles. The van der Waals surface area contributed by atoms with Gasteiger partial charge < -0.3 is 15.0 Å².